The van der Waals surface area contributed by atoms with Crippen LogP contribution < -0.4 is 0 Å². The van der Waals surface area contributed by atoms with Gasteiger partial charge in [0, 0.05) is 13.1 Å². The number of hydrogen-bond donors (Lipinski definition) is 1. The highest BCUT2D eigenvalue weighted by Gasteiger charge is 2.27. The number of carbonyl (C=O) groups excluding carboxylic acids is 1. The summed E-state index contributed by atoms with van der Waals surface area (Å²) in [6.07, 6.45) is -0.406. The van der Waals surface area contributed by atoms with Gasteiger partial charge in [0.2, 0.25) is 5.91 Å². The number of amides is 1. The lowest BCUT2D eigenvalue weighted by molar-refractivity contribution is -0.128. The second-order valence-electron chi connectivity index (χ2n) is 4.22. The van der Waals surface area contributed by atoms with E-state index in [0.717, 1.165) is 5.56 Å². The van der Waals surface area contributed by atoms with E-state index in [-0.39, 0.29) is 18.1 Å². The van der Waals surface area contributed by atoms with Crippen LogP contribution in [0.4, 0.5) is 4.39 Å². The molecule has 1 aliphatic rings. The van der Waals surface area contributed by atoms with Crippen molar-refractivity contribution >= 4 is 5.91 Å². The minimum Gasteiger partial charge on any atom is -0.391 e. The van der Waals surface area contributed by atoms with Crippen molar-refractivity contribution in [1.29, 1.82) is 0 Å². The van der Waals surface area contributed by atoms with E-state index in [2.05, 4.69) is 0 Å². The van der Waals surface area contributed by atoms with Crippen LogP contribution in [0, 0.1) is 12.7 Å². The fourth-order valence-corrected chi connectivity index (χ4v) is 1.86. The van der Waals surface area contributed by atoms with Gasteiger partial charge in [0.05, 0.1) is 12.5 Å². The van der Waals surface area contributed by atoms with E-state index in [9.17, 15) is 14.3 Å². The van der Waals surface area contributed by atoms with E-state index in [1.54, 1.807) is 24.0 Å². The molecule has 1 unspecified atom stereocenters. The number of benzene rings is 1. The van der Waals surface area contributed by atoms with Crippen LogP contribution in [0.5, 0.6) is 0 Å². The molecule has 1 aliphatic heterocycles. The van der Waals surface area contributed by atoms with Crippen LogP contribution in [0.15, 0.2) is 18.2 Å². The molecule has 1 heterocycles. The van der Waals surface area contributed by atoms with Crippen molar-refractivity contribution in [2.45, 2.75) is 26.0 Å². The first-order valence-electron chi connectivity index (χ1n) is 5.27. The molecule has 16 heavy (non-hydrogen) atoms. The summed E-state index contributed by atoms with van der Waals surface area (Å²) >= 11 is 0. The van der Waals surface area contributed by atoms with E-state index < -0.39 is 6.10 Å². The number of hydrogen-bond acceptors (Lipinski definition) is 2. The standard InChI is InChI=1S/C12H14FNO2/c1-8-2-3-9(4-11(8)13)6-14-7-10(15)5-12(14)16/h2-4,10,15H,5-7H2,1H3. The lowest BCUT2D eigenvalue weighted by atomic mass is 10.1. The first-order valence-corrected chi connectivity index (χ1v) is 5.27. The van der Waals surface area contributed by atoms with E-state index in [4.69, 9.17) is 0 Å². The smallest absolute Gasteiger partial charge is 0.225 e. The molecule has 3 nitrogen and oxygen atoms in total. The van der Waals surface area contributed by atoms with Gasteiger partial charge in [-0.1, -0.05) is 12.1 Å². The second-order valence-corrected chi connectivity index (χ2v) is 4.22. The molecule has 4 heteroatoms. The van der Waals surface area contributed by atoms with E-state index in [0.29, 0.717) is 18.7 Å². The molecule has 1 saturated heterocycles. The average Bonchev–Trinajstić information content (AvgIpc) is 2.51. The molecule has 0 spiro atoms. The highest BCUT2D eigenvalue weighted by molar-refractivity contribution is 5.79. The zero-order chi connectivity index (χ0) is 11.7. The summed E-state index contributed by atoms with van der Waals surface area (Å²) in [6, 6.07) is 4.94. The third-order valence-corrected chi connectivity index (χ3v) is 2.80. The zero-order valence-electron chi connectivity index (χ0n) is 9.11. The van der Waals surface area contributed by atoms with Gasteiger partial charge >= 0.3 is 0 Å². The van der Waals surface area contributed by atoms with Gasteiger partial charge in [0.25, 0.3) is 0 Å². The van der Waals surface area contributed by atoms with Gasteiger partial charge in [-0.2, -0.15) is 0 Å². The number of likely N-dealkylation sites (tertiary alicyclic amines) is 1. The number of halogens is 1. The lowest BCUT2D eigenvalue weighted by Gasteiger charge is -2.15. The topological polar surface area (TPSA) is 40.5 Å². The van der Waals surface area contributed by atoms with Crippen molar-refractivity contribution in [2.24, 2.45) is 0 Å². The summed E-state index contributed by atoms with van der Waals surface area (Å²) in [5.74, 6) is -0.335. The molecule has 1 atom stereocenters. The number of nitrogens with zero attached hydrogens (tertiary/aromatic N) is 1. The molecular weight excluding hydrogens is 209 g/mol. The summed E-state index contributed by atoms with van der Waals surface area (Å²) in [7, 11) is 0. The molecular formula is C12H14FNO2. The molecule has 0 saturated carbocycles. The van der Waals surface area contributed by atoms with Crippen LogP contribution in [-0.4, -0.2) is 28.6 Å². The molecule has 1 aromatic rings. The first kappa shape index (κ1) is 11.1. The molecule has 0 radical (unpaired) electrons. The Labute approximate surface area is 93.5 Å². The molecule has 1 amide bonds. The normalized spacial score (nSPS) is 20.6. The van der Waals surface area contributed by atoms with Crippen LogP contribution in [0.1, 0.15) is 17.5 Å². The lowest BCUT2D eigenvalue weighted by Crippen LogP contribution is -2.25. The third kappa shape index (κ3) is 2.22. The molecule has 86 valence electrons. The summed E-state index contributed by atoms with van der Waals surface area (Å²) in [6.45, 7) is 2.41. The maximum absolute atomic E-state index is 13.3. The molecule has 1 N–H and O–H groups in total. The van der Waals surface area contributed by atoms with Crippen LogP contribution >= 0.6 is 0 Å². The highest BCUT2D eigenvalue weighted by Crippen LogP contribution is 2.16. The predicted molar refractivity (Wildman–Crippen MR) is 57.2 cm³/mol. The Morgan fingerprint density at radius 3 is 2.88 bits per heavy atom. The van der Waals surface area contributed by atoms with E-state index in [1.165, 1.54) is 6.07 Å². The molecule has 0 bridgehead atoms. The number of aliphatic hydroxyl groups excluding tert-OH is 1. The number of aryl methyl sites for hydroxylation is 1. The Kier molecular flexibility index (Phi) is 2.92. The Balaban J connectivity index is 2.09. The van der Waals surface area contributed by atoms with Gasteiger partial charge in [-0.25, -0.2) is 4.39 Å². The van der Waals surface area contributed by atoms with E-state index >= 15 is 0 Å². The van der Waals surface area contributed by atoms with Crippen molar-refractivity contribution in [1.82, 2.24) is 4.90 Å². The number of carbonyl (C=O) groups is 1. The first-order chi connectivity index (χ1) is 7.56. The maximum atomic E-state index is 13.3. The summed E-state index contributed by atoms with van der Waals surface area (Å²) in [5.41, 5.74) is 1.35. The number of aliphatic hydroxyl groups is 1. The van der Waals surface area contributed by atoms with Crippen molar-refractivity contribution < 1.29 is 14.3 Å². The largest absolute Gasteiger partial charge is 0.391 e. The summed E-state index contributed by atoms with van der Waals surface area (Å²) in [5, 5.41) is 9.31. The highest BCUT2D eigenvalue weighted by atomic mass is 19.1. The van der Waals surface area contributed by atoms with Gasteiger partial charge in [0.1, 0.15) is 5.82 Å². The van der Waals surface area contributed by atoms with Crippen molar-refractivity contribution in [3.05, 3.63) is 35.1 Å². The fraction of sp³-hybridized carbons (Fsp3) is 0.417. The average molecular weight is 223 g/mol. The molecule has 2 rings (SSSR count). The molecule has 0 aromatic heterocycles. The van der Waals surface area contributed by atoms with Crippen LogP contribution in [-0.2, 0) is 11.3 Å². The number of rotatable bonds is 2. The monoisotopic (exact) mass is 223 g/mol. The summed E-state index contributed by atoms with van der Waals surface area (Å²) < 4.78 is 13.3. The minimum atomic E-state index is -0.581. The van der Waals surface area contributed by atoms with Gasteiger partial charge in [0.15, 0.2) is 0 Å². The SMILES string of the molecule is Cc1ccc(CN2CC(O)CC2=O)cc1F. The molecule has 1 fully saturated rings. The van der Waals surface area contributed by atoms with Gasteiger partial charge < -0.3 is 10.0 Å². The molecule has 0 aliphatic carbocycles. The minimum absolute atomic E-state index is 0.0755. The number of β-amino-alcohol motifs (C(OH)–C–C–N with tert-alkyl or cyclic N) is 1. The van der Waals surface area contributed by atoms with Crippen molar-refractivity contribution in [2.75, 3.05) is 6.54 Å². The zero-order valence-corrected chi connectivity index (χ0v) is 9.11. The van der Waals surface area contributed by atoms with Gasteiger partial charge in [-0.3, -0.25) is 4.79 Å². The van der Waals surface area contributed by atoms with Gasteiger partial charge in [-0.15, -0.1) is 0 Å². The third-order valence-electron chi connectivity index (χ3n) is 2.80. The summed E-state index contributed by atoms with van der Waals surface area (Å²) in [4.78, 5) is 13.0. The fourth-order valence-electron chi connectivity index (χ4n) is 1.86. The van der Waals surface area contributed by atoms with Crippen molar-refractivity contribution in [3.8, 4) is 0 Å². The van der Waals surface area contributed by atoms with Crippen molar-refractivity contribution in [3.63, 3.8) is 0 Å². The predicted octanol–water partition coefficient (Wildman–Crippen LogP) is 1.23. The second kappa shape index (κ2) is 4.22. The quantitative estimate of drug-likeness (QED) is 0.819. The van der Waals surface area contributed by atoms with Gasteiger partial charge in [-0.05, 0) is 24.1 Å². The van der Waals surface area contributed by atoms with Crippen LogP contribution in [0.3, 0.4) is 0 Å². The van der Waals surface area contributed by atoms with Crippen LogP contribution in [0.2, 0.25) is 0 Å². The maximum Gasteiger partial charge on any atom is 0.225 e. The van der Waals surface area contributed by atoms with Crippen LogP contribution in [0.25, 0.3) is 0 Å². The van der Waals surface area contributed by atoms with E-state index in [1.807, 2.05) is 0 Å². The molecule has 1 aromatic carbocycles. The Bertz CT molecular complexity index is 419. The Hall–Kier alpha value is -1.42. The Morgan fingerprint density at radius 2 is 2.31 bits per heavy atom. The Morgan fingerprint density at radius 1 is 1.56 bits per heavy atom.